The molecule has 1 aromatic rings. The minimum Gasteiger partial charge on any atom is -0.384 e. The van der Waals surface area contributed by atoms with Crippen molar-refractivity contribution >= 4 is 11.5 Å². The molecular weight excluding hydrogens is 283 g/mol. The van der Waals surface area contributed by atoms with Crippen LogP contribution in [0.5, 0.6) is 0 Å². The zero-order valence-electron chi connectivity index (χ0n) is 11.7. The summed E-state index contributed by atoms with van der Waals surface area (Å²) in [4.78, 5) is 1.97. The number of nitrogens with zero attached hydrogens (tertiary/aromatic N) is 1. The van der Waals surface area contributed by atoms with Gasteiger partial charge in [0.2, 0.25) is 0 Å². The summed E-state index contributed by atoms with van der Waals surface area (Å²) in [5.74, 6) is -0.363. The minimum atomic E-state index is -4.45. The highest BCUT2D eigenvalue weighted by atomic mass is 19.4. The third-order valence-corrected chi connectivity index (χ3v) is 3.62. The van der Waals surface area contributed by atoms with Crippen LogP contribution in [0.15, 0.2) is 18.2 Å². The molecule has 0 spiro atoms. The van der Waals surface area contributed by atoms with Gasteiger partial charge in [-0.15, -0.1) is 0 Å². The number of nitrogens with one attached hydrogen (secondary N) is 1. The fourth-order valence-electron chi connectivity index (χ4n) is 2.49. The highest BCUT2D eigenvalue weighted by molar-refractivity contribution is 6.00. The van der Waals surface area contributed by atoms with Crippen LogP contribution in [-0.4, -0.2) is 31.6 Å². The van der Waals surface area contributed by atoms with E-state index in [1.54, 1.807) is 0 Å². The van der Waals surface area contributed by atoms with E-state index < -0.39 is 11.7 Å². The van der Waals surface area contributed by atoms with Gasteiger partial charge in [-0.25, -0.2) is 0 Å². The number of ether oxygens (including phenoxy) is 1. The Labute approximate surface area is 121 Å². The van der Waals surface area contributed by atoms with E-state index in [2.05, 4.69) is 0 Å². The second kappa shape index (κ2) is 5.93. The second-order valence-corrected chi connectivity index (χ2v) is 4.97. The van der Waals surface area contributed by atoms with Gasteiger partial charge in [-0.3, -0.25) is 5.41 Å². The summed E-state index contributed by atoms with van der Waals surface area (Å²) >= 11 is 0. The average Bonchev–Trinajstić information content (AvgIpc) is 2.45. The predicted molar refractivity (Wildman–Crippen MR) is 74.7 cm³/mol. The van der Waals surface area contributed by atoms with Crippen LogP contribution in [0.2, 0.25) is 0 Å². The molecule has 1 aromatic carbocycles. The molecule has 3 N–H and O–H groups in total. The fourth-order valence-corrected chi connectivity index (χ4v) is 2.49. The molecule has 0 aliphatic carbocycles. The number of nitrogen functional groups attached to an aromatic ring is 1. The number of nitrogens with two attached hydrogens (primary N) is 1. The van der Waals surface area contributed by atoms with Crippen LogP contribution in [0, 0.1) is 5.41 Å². The van der Waals surface area contributed by atoms with Crippen LogP contribution in [0.1, 0.15) is 24.5 Å². The fraction of sp³-hybridized carbons (Fsp3) is 0.500. The van der Waals surface area contributed by atoms with E-state index in [0.717, 1.165) is 18.6 Å². The number of alkyl halides is 3. The zero-order chi connectivity index (χ0) is 15.6. The Bertz CT molecular complexity index is 531. The molecule has 0 saturated carbocycles. The highest BCUT2D eigenvalue weighted by Gasteiger charge is 2.32. The lowest BCUT2D eigenvalue weighted by Crippen LogP contribution is -2.46. The molecule has 1 aliphatic rings. The average molecular weight is 301 g/mol. The van der Waals surface area contributed by atoms with Crippen molar-refractivity contribution in [2.24, 2.45) is 5.73 Å². The molecule has 0 aromatic heterocycles. The van der Waals surface area contributed by atoms with Gasteiger partial charge >= 0.3 is 6.18 Å². The maximum atomic E-state index is 12.8. The quantitative estimate of drug-likeness (QED) is 0.666. The molecule has 1 aliphatic heterocycles. The Morgan fingerprint density at radius 2 is 2.19 bits per heavy atom. The van der Waals surface area contributed by atoms with E-state index in [4.69, 9.17) is 15.9 Å². The van der Waals surface area contributed by atoms with Crippen molar-refractivity contribution in [3.8, 4) is 0 Å². The van der Waals surface area contributed by atoms with Crippen molar-refractivity contribution in [1.29, 1.82) is 5.41 Å². The first kappa shape index (κ1) is 15.6. The van der Waals surface area contributed by atoms with E-state index in [1.165, 1.54) is 6.07 Å². The Hall–Kier alpha value is -1.76. The summed E-state index contributed by atoms with van der Waals surface area (Å²) in [5.41, 5.74) is 5.36. The van der Waals surface area contributed by atoms with Gasteiger partial charge in [0.05, 0.1) is 24.8 Å². The Morgan fingerprint density at radius 3 is 2.76 bits per heavy atom. The van der Waals surface area contributed by atoms with Gasteiger partial charge in [-0.05, 0) is 24.6 Å². The first-order valence-corrected chi connectivity index (χ1v) is 6.74. The molecule has 7 heteroatoms. The number of rotatable bonds is 3. The van der Waals surface area contributed by atoms with Crippen LogP contribution in [-0.2, 0) is 10.9 Å². The molecule has 0 bridgehead atoms. The normalized spacial score (nSPS) is 19.6. The molecule has 21 heavy (non-hydrogen) atoms. The summed E-state index contributed by atoms with van der Waals surface area (Å²) in [7, 11) is 0. The lowest BCUT2D eigenvalue weighted by molar-refractivity contribution is -0.137. The largest absolute Gasteiger partial charge is 0.416 e. The van der Waals surface area contributed by atoms with E-state index in [1.807, 2.05) is 11.8 Å². The van der Waals surface area contributed by atoms with E-state index in [0.29, 0.717) is 25.4 Å². The summed E-state index contributed by atoms with van der Waals surface area (Å²) < 4.78 is 43.8. The summed E-state index contributed by atoms with van der Waals surface area (Å²) in [6, 6.07) is 3.45. The Kier molecular flexibility index (Phi) is 4.41. The number of anilines is 1. The molecule has 116 valence electrons. The third-order valence-electron chi connectivity index (χ3n) is 3.62. The van der Waals surface area contributed by atoms with Crippen LogP contribution < -0.4 is 10.6 Å². The Morgan fingerprint density at radius 1 is 1.48 bits per heavy atom. The first-order valence-electron chi connectivity index (χ1n) is 6.74. The van der Waals surface area contributed by atoms with Gasteiger partial charge < -0.3 is 15.4 Å². The van der Waals surface area contributed by atoms with Gasteiger partial charge in [-0.1, -0.05) is 6.92 Å². The van der Waals surface area contributed by atoms with Crippen molar-refractivity contribution in [2.45, 2.75) is 25.6 Å². The highest BCUT2D eigenvalue weighted by Crippen LogP contribution is 2.34. The van der Waals surface area contributed by atoms with E-state index in [9.17, 15) is 13.2 Å². The van der Waals surface area contributed by atoms with E-state index >= 15 is 0 Å². The molecule has 1 fully saturated rings. The monoisotopic (exact) mass is 301 g/mol. The van der Waals surface area contributed by atoms with Crippen LogP contribution in [0.3, 0.4) is 0 Å². The molecule has 1 saturated heterocycles. The topological polar surface area (TPSA) is 62.3 Å². The van der Waals surface area contributed by atoms with Gasteiger partial charge in [0, 0.05) is 17.8 Å². The minimum absolute atomic E-state index is 0.0774. The summed E-state index contributed by atoms with van der Waals surface area (Å²) in [6.45, 7) is 3.59. The van der Waals surface area contributed by atoms with Crippen molar-refractivity contribution < 1.29 is 17.9 Å². The molecule has 0 amide bonds. The number of hydrogen-bond donors (Lipinski definition) is 2. The van der Waals surface area contributed by atoms with Crippen molar-refractivity contribution in [3.63, 3.8) is 0 Å². The lowest BCUT2D eigenvalue weighted by atomic mass is 10.0. The first-order chi connectivity index (χ1) is 9.84. The number of benzene rings is 1. The lowest BCUT2D eigenvalue weighted by Gasteiger charge is -2.38. The van der Waals surface area contributed by atoms with Gasteiger partial charge in [0.25, 0.3) is 0 Å². The van der Waals surface area contributed by atoms with Crippen molar-refractivity contribution in [2.75, 3.05) is 24.7 Å². The standard InChI is InChI=1S/C14H18F3N3O/c1-2-10-8-21-6-5-20(10)12-4-3-9(14(15,16)17)7-11(12)13(18)19/h3-4,7,10H,2,5-6,8H2,1H3,(H3,18,19). The molecule has 2 rings (SSSR count). The molecule has 1 unspecified atom stereocenters. The van der Waals surface area contributed by atoms with Gasteiger partial charge in [-0.2, -0.15) is 13.2 Å². The van der Waals surface area contributed by atoms with Crippen LogP contribution in [0.25, 0.3) is 0 Å². The smallest absolute Gasteiger partial charge is 0.384 e. The summed E-state index contributed by atoms with van der Waals surface area (Å²) in [5, 5.41) is 7.57. The number of morpholine rings is 1. The molecular formula is C14H18F3N3O. The van der Waals surface area contributed by atoms with Crippen molar-refractivity contribution in [3.05, 3.63) is 29.3 Å². The molecule has 0 radical (unpaired) electrons. The molecule has 4 nitrogen and oxygen atoms in total. The van der Waals surface area contributed by atoms with Crippen LogP contribution in [0.4, 0.5) is 18.9 Å². The maximum absolute atomic E-state index is 12.8. The number of amidine groups is 1. The van der Waals surface area contributed by atoms with E-state index in [-0.39, 0.29) is 17.4 Å². The van der Waals surface area contributed by atoms with Crippen LogP contribution >= 0.6 is 0 Å². The Balaban J connectivity index is 2.45. The maximum Gasteiger partial charge on any atom is 0.416 e. The number of halogens is 3. The van der Waals surface area contributed by atoms with Gasteiger partial charge in [0.1, 0.15) is 5.84 Å². The van der Waals surface area contributed by atoms with Gasteiger partial charge in [0.15, 0.2) is 0 Å². The number of hydrogen-bond acceptors (Lipinski definition) is 3. The predicted octanol–water partition coefficient (Wildman–Crippen LogP) is 2.60. The third kappa shape index (κ3) is 3.29. The SMILES string of the molecule is CCC1COCCN1c1ccc(C(F)(F)F)cc1C(=N)N. The molecule has 1 heterocycles. The zero-order valence-corrected chi connectivity index (χ0v) is 11.7. The molecule has 1 atom stereocenters. The second-order valence-electron chi connectivity index (χ2n) is 4.97. The van der Waals surface area contributed by atoms with Crippen molar-refractivity contribution in [1.82, 2.24) is 0 Å². The summed E-state index contributed by atoms with van der Waals surface area (Å²) in [6.07, 6.45) is -3.64.